The van der Waals surface area contributed by atoms with Crippen LogP contribution in [0.2, 0.25) is 10.0 Å². The number of aliphatic hydroxyl groups excluding tert-OH is 1. The van der Waals surface area contributed by atoms with E-state index in [0.29, 0.717) is 15.6 Å². The van der Waals surface area contributed by atoms with Crippen LogP contribution < -0.4 is 10.1 Å². The molecule has 0 aliphatic carbocycles. The van der Waals surface area contributed by atoms with Crippen LogP contribution in [0, 0.1) is 5.82 Å². The van der Waals surface area contributed by atoms with Gasteiger partial charge in [0, 0.05) is 11.1 Å². The highest BCUT2D eigenvalue weighted by Crippen LogP contribution is 2.28. The Labute approximate surface area is 178 Å². The summed E-state index contributed by atoms with van der Waals surface area (Å²) in [5.74, 6) is -0.757. The number of hydrogen-bond donors (Lipinski definition) is 2. The smallest absolute Gasteiger partial charge is 0.325 e. The van der Waals surface area contributed by atoms with Gasteiger partial charge in [0.2, 0.25) is 0 Å². The summed E-state index contributed by atoms with van der Waals surface area (Å²) in [6.45, 7) is -0.481. The summed E-state index contributed by atoms with van der Waals surface area (Å²) >= 11 is 14.9. The predicted octanol–water partition coefficient (Wildman–Crippen LogP) is 3.93. The minimum atomic E-state index is -1.15. The van der Waals surface area contributed by atoms with Gasteiger partial charge in [-0.25, -0.2) is 9.18 Å². The van der Waals surface area contributed by atoms with Gasteiger partial charge in [-0.2, -0.15) is 0 Å². The quantitative estimate of drug-likeness (QED) is 0.600. The maximum atomic E-state index is 13.4. The van der Waals surface area contributed by atoms with Crippen molar-refractivity contribution in [3.63, 3.8) is 0 Å². The van der Waals surface area contributed by atoms with E-state index in [2.05, 4.69) is 21.2 Å². The first kappa shape index (κ1) is 20.9. The third kappa shape index (κ3) is 4.57. The summed E-state index contributed by atoms with van der Waals surface area (Å²) in [7, 11) is 0. The molecule has 0 radical (unpaired) electrons. The number of carbonyl (C=O) groups excluding carboxylic acids is 2. The molecule has 1 aliphatic rings. The van der Waals surface area contributed by atoms with Crippen LogP contribution in [0.15, 0.2) is 40.9 Å². The van der Waals surface area contributed by atoms with Crippen LogP contribution in [0.1, 0.15) is 11.6 Å². The Morgan fingerprint density at radius 1 is 1.25 bits per heavy atom. The van der Waals surface area contributed by atoms with E-state index in [-0.39, 0.29) is 23.4 Å². The maximum absolute atomic E-state index is 13.4. The topological polar surface area (TPSA) is 78.9 Å². The fraction of sp³-hybridized carbons (Fsp3) is 0.222. The van der Waals surface area contributed by atoms with Gasteiger partial charge in [-0.1, -0.05) is 29.3 Å². The highest BCUT2D eigenvalue weighted by molar-refractivity contribution is 9.10. The van der Waals surface area contributed by atoms with Crippen LogP contribution in [0.3, 0.4) is 0 Å². The summed E-state index contributed by atoms with van der Waals surface area (Å²) in [6, 6.07) is 7.04. The molecule has 1 fully saturated rings. The number of carbonyl (C=O) groups is 2. The fourth-order valence-electron chi connectivity index (χ4n) is 2.65. The molecule has 0 aromatic heterocycles. The third-order valence-electron chi connectivity index (χ3n) is 4.02. The van der Waals surface area contributed by atoms with E-state index in [0.717, 1.165) is 4.90 Å². The van der Waals surface area contributed by atoms with E-state index in [9.17, 15) is 19.1 Å². The second-order valence-corrected chi connectivity index (χ2v) is 7.74. The summed E-state index contributed by atoms with van der Waals surface area (Å²) < 4.78 is 19.0. The van der Waals surface area contributed by atoms with E-state index < -0.39 is 29.9 Å². The zero-order chi connectivity index (χ0) is 20.4. The standard InChI is InChI=1S/C18H14BrCl2FN2O4/c19-12-5-9(1-4-14(12)22)16-17(26)24(18(27)23-16)7-11(25)8-28-15-6-10(20)2-3-13(15)21/h1-6,11,16,25H,7-8H2,(H,23,27)/t11-,16+/m0/s1. The molecule has 0 bridgehead atoms. The Bertz CT molecular complexity index is 930. The molecule has 2 N–H and O–H groups in total. The lowest BCUT2D eigenvalue weighted by molar-refractivity contribution is -0.128. The van der Waals surface area contributed by atoms with Crippen LogP contribution in [-0.4, -0.2) is 41.2 Å². The van der Waals surface area contributed by atoms with Crippen molar-refractivity contribution in [1.82, 2.24) is 10.2 Å². The number of nitrogens with one attached hydrogen (secondary N) is 1. The first-order valence-electron chi connectivity index (χ1n) is 8.09. The Balaban J connectivity index is 1.63. The number of ether oxygens (including phenoxy) is 1. The van der Waals surface area contributed by atoms with Gasteiger partial charge in [0.25, 0.3) is 5.91 Å². The molecule has 2 atom stereocenters. The zero-order valence-electron chi connectivity index (χ0n) is 14.2. The summed E-state index contributed by atoms with van der Waals surface area (Å²) in [5.41, 5.74) is 0.422. The molecule has 2 aromatic rings. The molecule has 0 unspecified atom stereocenters. The van der Waals surface area contributed by atoms with Crippen molar-refractivity contribution in [3.05, 3.63) is 62.3 Å². The molecule has 28 heavy (non-hydrogen) atoms. The monoisotopic (exact) mass is 490 g/mol. The molecule has 148 valence electrons. The lowest BCUT2D eigenvalue weighted by Crippen LogP contribution is -2.39. The SMILES string of the molecule is O=C1N[C@H](c2ccc(F)c(Br)c2)C(=O)N1C[C@H](O)COc1cc(Cl)ccc1Cl. The Morgan fingerprint density at radius 2 is 2.00 bits per heavy atom. The molecule has 1 aliphatic heterocycles. The average Bonchev–Trinajstić information content (AvgIpc) is 2.93. The Hall–Kier alpha value is -1.87. The molecule has 1 saturated heterocycles. The van der Waals surface area contributed by atoms with E-state index in [1.54, 1.807) is 12.1 Å². The molecular weight excluding hydrogens is 478 g/mol. The Morgan fingerprint density at radius 3 is 2.71 bits per heavy atom. The number of urea groups is 1. The molecule has 0 spiro atoms. The van der Waals surface area contributed by atoms with Gasteiger partial charge in [-0.3, -0.25) is 9.69 Å². The van der Waals surface area contributed by atoms with Crippen molar-refractivity contribution < 1.29 is 23.8 Å². The van der Waals surface area contributed by atoms with Crippen LogP contribution in [-0.2, 0) is 4.79 Å². The number of imide groups is 1. The second-order valence-electron chi connectivity index (χ2n) is 6.04. The maximum Gasteiger partial charge on any atom is 0.325 e. The van der Waals surface area contributed by atoms with Gasteiger partial charge < -0.3 is 15.2 Å². The van der Waals surface area contributed by atoms with Crippen molar-refractivity contribution >= 4 is 51.1 Å². The normalized spacial score (nSPS) is 17.6. The van der Waals surface area contributed by atoms with E-state index >= 15 is 0 Å². The van der Waals surface area contributed by atoms with Crippen LogP contribution in [0.4, 0.5) is 9.18 Å². The minimum absolute atomic E-state index is 0.178. The summed E-state index contributed by atoms with van der Waals surface area (Å²) in [6.07, 6.45) is -1.15. The van der Waals surface area contributed by atoms with Crippen molar-refractivity contribution in [3.8, 4) is 5.75 Å². The third-order valence-corrected chi connectivity index (χ3v) is 5.18. The zero-order valence-corrected chi connectivity index (χ0v) is 17.3. The lowest BCUT2D eigenvalue weighted by atomic mass is 10.1. The van der Waals surface area contributed by atoms with Gasteiger partial charge in [0.05, 0.1) is 16.0 Å². The largest absolute Gasteiger partial charge is 0.489 e. The number of rotatable bonds is 6. The van der Waals surface area contributed by atoms with E-state index in [4.69, 9.17) is 27.9 Å². The lowest BCUT2D eigenvalue weighted by Gasteiger charge is -2.18. The number of halogens is 4. The molecule has 6 nitrogen and oxygen atoms in total. The molecule has 1 heterocycles. The summed E-state index contributed by atoms with van der Waals surface area (Å²) in [5, 5.41) is 13.4. The van der Waals surface area contributed by atoms with Gasteiger partial charge >= 0.3 is 6.03 Å². The van der Waals surface area contributed by atoms with Crippen molar-refractivity contribution in [2.24, 2.45) is 0 Å². The van der Waals surface area contributed by atoms with Gasteiger partial charge in [0.1, 0.15) is 30.3 Å². The minimum Gasteiger partial charge on any atom is -0.489 e. The highest BCUT2D eigenvalue weighted by atomic mass is 79.9. The number of amides is 3. The fourth-order valence-corrected chi connectivity index (χ4v) is 3.38. The van der Waals surface area contributed by atoms with Gasteiger partial charge in [-0.05, 0) is 45.8 Å². The van der Waals surface area contributed by atoms with Crippen molar-refractivity contribution in [1.29, 1.82) is 0 Å². The van der Waals surface area contributed by atoms with Crippen LogP contribution in [0.25, 0.3) is 0 Å². The number of aliphatic hydroxyl groups is 1. The number of hydrogen-bond acceptors (Lipinski definition) is 4. The van der Waals surface area contributed by atoms with E-state index in [1.807, 2.05) is 0 Å². The molecule has 2 aromatic carbocycles. The highest BCUT2D eigenvalue weighted by Gasteiger charge is 2.40. The average molecular weight is 492 g/mol. The van der Waals surface area contributed by atoms with Crippen LogP contribution in [0.5, 0.6) is 5.75 Å². The predicted molar refractivity (Wildman–Crippen MR) is 105 cm³/mol. The van der Waals surface area contributed by atoms with Crippen LogP contribution >= 0.6 is 39.1 Å². The second kappa shape index (κ2) is 8.65. The first-order valence-corrected chi connectivity index (χ1v) is 9.64. The Kier molecular flexibility index (Phi) is 6.44. The van der Waals surface area contributed by atoms with Crippen molar-refractivity contribution in [2.45, 2.75) is 12.1 Å². The van der Waals surface area contributed by atoms with Gasteiger partial charge in [0.15, 0.2) is 0 Å². The number of nitrogens with zero attached hydrogens (tertiary/aromatic N) is 1. The van der Waals surface area contributed by atoms with Gasteiger partial charge in [-0.15, -0.1) is 0 Å². The molecule has 3 amide bonds. The first-order chi connectivity index (χ1) is 13.3. The summed E-state index contributed by atoms with van der Waals surface area (Å²) in [4.78, 5) is 25.6. The molecule has 0 saturated carbocycles. The molecule has 10 heteroatoms. The van der Waals surface area contributed by atoms with E-state index in [1.165, 1.54) is 24.3 Å². The number of benzene rings is 2. The number of β-amino-alcohol motifs (C(OH)–C–C–N with tert-alkyl or cyclic N) is 1. The molecular formula is C18H14BrCl2FN2O4. The van der Waals surface area contributed by atoms with Crippen molar-refractivity contribution in [2.75, 3.05) is 13.2 Å². The molecule has 3 rings (SSSR count).